The molecule has 1 aliphatic carbocycles. The molecule has 0 bridgehead atoms. The molecule has 68 valence electrons. The van der Waals surface area contributed by atoms with Gasteiger partial charge in [-0.1, -0.05) is 12.2 Å². The lowest BCUT2D eigenvalue weighted by Crippen LogP contribution is -2.10. The van der Waals surface area contributed by atoms with Crippen LogP contribution >= 0.6 is 0 Å². The van der Waals surface area contributed by atoms with Gasteiger partial charge in [-0.05, 0) is 12.2 Å². The number of rotatable bonds is 3. The number of ether oxygens (including phenoxy) is 1. The average Bonchev–Trinajstić information content (AvgIpc) is 2.53. The number of carboxylic acid groups (broad SMARTS) is 1. The monoisotopic (exact) mass is 180 g/mol. The molecule has 0 saturated heterocycles. The molecule has 0 heterocycles. The summed E-state index contributed by atoms with van der Waals surface area (Å²) in [5.41, 5.74) is 0. The van der Waals surface area contributed by atoms with Crippen LogP contribution in [0, 0.1) is 0 Å². The molecule has 0 radical (unpaired) electrons. The molecule has 1 aliphatic rings. The SMILES string of the molecule is O=C(O)/C=C/C(=O)OC1C=CC=C1. The first kappa shape index (κ1) is 9.25. The summed E-state index contributed by atoms with van der Waals surface area (Å²) in [6, 6.07) is 0. The molecule has 0 amide bonds. The van der Waals surface area contributed by atoms with E-state index >= 15 is 0 Å². The van der Waals surface area contributed by atoms with Crippen molar-refractivity contribution >= 4 is 11.9 Å². The number of esters is 1. The smallest absolute Gasteiger partial charge is 0.331 e. The van der Waals surface area contributed by atoms with E-state index in [1.807, 2.05) is 0 Å². The Hall–Kier alpha value is -1.84. The van der Waals surface area contributed by atoms with Gasteiger partial charge in [0, 0.05) is 12.2 Å². The Balaban J connectivity index is 2.37. The van der Waals surface area contributed by atoms with Crippen LogP contribution in [0.4, 0.5) is 0 Å². The predicted octanol–water partition coefficient (Wildman–Crippen LogP) is 0.665. The van der Waals surface area contributed by atoms with Gasteiger partial charge >= 0.3 is 11.9 Å². The number of carbonyl (C=O) groups excluding carboxylic acids is 1. The van der Waals surface area contributed by atoms with Crippen molar-refractivity contribution in [2.75, 3.05) is 0 Å². The van der Waals surface area contributed by atoms with Gasteiger partial charge in [0.2, 0.25) is 0 Å². The van der Waals surface area contributed by atoms with Crippen molar-refractivity contribution in [2.24, 2.45) is 0 Å². The molecule has 0 aromatic carbocycles. The van der Waals surface area contributed by atoms with Gasteiger partial charge in [0.15, 0.2) is 0 Å². The minimum Gasteiger partial charge on any atom is -0.478 e. The lowest BCUT2D eigenvalue weighted by Gasteiger charge is -2.04. The van der Waals surface area contributed by atoms with E-state index in [-0.39, 0.29) is 6.10 Å². The zero-order chi connectivity index (χ0) is 9.68. The number of allylic oxidation sites excluding steroid dienone is 2. The van der Waals surface area contributed by atoms with Crippen LogP contribution in [0.2, 0.25) is 0 Å². The molecule has 1 N–H and O–H groups in total. The quantitative estimate of drug-likeness (QED) is 0.512. The molecule has 0 aromatic heterocycles. The molecule has 13 heavy (non-hydrogen) atoms. The molecule has 0 fully saturated rings. The first-order chi connectivity index (χ1) is 6.18. The lowest BCUT2D eigenvalue weighted by atomic mass is 10.4. The third-order valence-corrected chi connectivity index (χ3v) is 1.33. The van der Waals surface area contributed by atoms with Gasteiger partial charge in [0.25, 0.3) is 0 Å². The highest BCUT2D eigenvalue weighted by molar-refractivity contribution is 5.90. The van der Waals surface area contributed by atoms with E-state index in [1.165, 1.54) is 0 Å². The summed E-state index contributed by atoms with van der Waals surface area (Å²) < 4.78 is 4.80. The normalized spacial score (nSPS) is 15.4. The summed E-state index contributed by atoms with van der Waals surface area (Å²) in [6.07, 6.45) is 8.12. The van der Waals surface area contributed by atoms with Crippen molar-refractivity contribution in [3.63, 3.8) is 0 Å². The van der Waals surface area contributed by atoms with E-state index in [2.05, 4.69) is 0 Å². The van der Waals surface area contributed by atoms with Gasteiger partial charge in [-0.2, -0.15) is 0 Å². The van der Waals surface area contributed by atoms with Crippen molar-refractivity contribution in [3.05, 3.63) is 36.5 Å². The van der Waals surface area contributed by atoms with Gasteiger partial charge in [-0.25, -0.2) is 9.59 Å². The van der Waals surface area contributed by atoms with Crippen molar-refractivity contribution in [1.82, 2.24) is 0 Å². The standard InChI is InChI=1S/C9H8O4/c10-8(11)5-6-9(12)13-7-3-1-2-4-7/h1-7H,(H,10,11)/b6-5+. The molecular weight excluding hydrogens is 172 g/mol. The predicted molar refractivity (Wildman–Crippen MR) is 44.9 cm³/mol. The fourth-order valence-electron chi connectivity index (χ4n) is 0.803. The zero-order valence-corrected chi connectivity index (χ0v) is 6.71. The van der Waals surface area contributed by atoms with Gasteiger partial charge in [0.1, 0.15) is 6.10 Å². The van der Waals surface area contributed by atoms with Crippen LogP contribution in [-0.4, -0.2) is 23.1 Å². The second-order valence-corrected chi connectivity index (χ2v) is 2.34. The van der Waals surface area contributed by atoms with Crippen LogP contribution < -0.4 is 0 Å². The zero-order valence-electron chi connectivity index (χ0n) is 6.71. The largest absolute Gasteiger partial charge is 0.478 e. The molecule has 4 heteroatoms. The molecule has 1 rings (SSSR count). The highest BCUT2D eigenvalue weighted by Gasteiger charge is 2.07. The van der Waals surface area contributed by atoms with Crippen molar-refractivity contribution in [1.29, 1.82) is 0 Å². The van der Waals surface area contributed by atoms with Crippen molar-refractivity contribution in [3.8, 4) is 0 Å². The molecule has 0 aliphatic heterocycles. The first-order valence-corrected chi connectivity index (χ1v) is 3.65. The van der Waals surface area contributed by atoms with Gasteiger partial charge in [-0.15, -0.1) is 0 Å². The summed E-state index contributed by atoms with van der Waals surface area (Å²) >= 11 is 0. The van der Waals surface area contributed by atoms with Crippen LogP contribution in [0.15, 0.2) is 36.5 Å². The molecule has 0 saturated carbocycles. The van der Waals surface area contributed by atoms with E-state index in [9.17, 15) is 9.59 Å². The lowest BCUT2D eigenvalue weighted by molar-refractivity contribution is -0.139. The summed E-state index contributed by atoms with van der Waals surface area (Å²) in [5, 5.41) is 8.20. The van der Waals surface area contributed by atoms with Crippen molar-refractivity contribution in [2.45, 2.75) is 6.10 Å². The van der Waals surface area contributed by atoms with Crippen LogP contribution in [-0.2, 0) is 14.3 Å². The van der Waals surface area contributed by atoms with Gasteiger partial charge in [-0.3, -0.25) is 0 Å². The van der Waals surface area contributed by atoms with E-state index in [0.29, 0.717) is 0 Å². The molecule has 0 aromatic rings. The van der Waals surface area contributed by atoms with E-state index in [0.717, 1.165) is 12.2 Å². The molecule has 0 atom stereocenters. The first-order valence-electron chi connectivity index (χ1n) is 3.65. The Morgan fingerprint density at radius 1 is 1.23 bits per heavy atom. The van der Waals surface area contributed by atoms with E-state index < -0.39 is 11.9 Å². The van der Waals surface area contributed by atoms with Gasteiger partial charge < -0.3 is 9.84 Å². The Morgan fingerprint density at radius 2 is 1.85 bits per heavy atom. The van der Waals surface area contributed by atoms with Crippen LogP contribution in [0.5, 0.6) is 0 Å². The Morgan fingerprint density at radius 3 is 2.38 bits per heavy atom. The maximum absolute atomic E-state index is 10.9. The minimum absolute atomic E-state index is 0.369. The summed E-state index contributed by atoms with van der Waals surface area (Å²) in [5.74, 6) is -1.84. The second-order valence-electron chi connectivity index (χ2n) is 2.34. The minimum atomic E-state index is -1.17. The van der Waals surface area contributed by atoms with Crippen LogP contribution in [0.1, 0.15) is 0 Å². The summed E-state index contributed by atoms with van der Waals surface area (Å²) in [6.45, 7) is 0. The number of carboxylic acids is 1. The maximum Gasteiger partial charge on any atom is 0.331 e. The highest BCUT2D eigenvalue weighted by atomic mass is 16.5. The number of carbonyl (C=O) groups is 2. The third kappa shape index (κ3) is 3.37. The fourth-order valence-corrected chi connectivity index (χ4v) is 0.803. The summed E-state index contributed by atoms with van der Waals surface area (Å²) in [4.78, 5) is 20.9. The van der Waals surface area contributed by atoms with E-state index in [1.54, 1.807) is 24.3 Å². The second kappa shape index (κ2) is 4.25. The third-order valence-electron chi connectivity index (χ3n) is 1.33. The number of hydrogen-bond acceptors (Lipinski definition) is 3. The molecule has 0 spiro atoms. The highest BCUT2D eigenvalue weighted by Crippen LogP contribution is 2.04. The fraction of sp³-hybridized carbons (Fsp3) is 0.111. The topological polar surface area (TPSA) is 63.6 Å². The average molecular weight is 180 g/mol. The number of aliphatic carboxylic acids is 1. The Labute approximate surface area is 74.8 Å². The van der Waals surface area contributed by atoms with Crippen LogP contribution in [0.25, 0.3) is 0 Å². The molecular formula is C9H8O4. The van der Waals surface area contributed by atoms with Gasteiger partial charge in [0.05, 0.1) is 0 Å². The molecule has 4 nitrogen and oxygen atoms in total. The number of hydrogen-bond donors (Lipinski definition) is 1. The van der Waals surface area contributed by atoms with E-state index in [4.69, 9.17) is 9.84 Å². The molecule has 0 unspecified atom stereocenters. The van der Waals surface area contributed by atoms with Crippen LogP contribution in [0.3, 0.4) is 0 Å². The maximum atomic E-state index is 10.9. The summed E-state index contributed by atoms with van der Waals surface area (Å²) in [7, 11) is 0. The Bertz CT molecular complexity index is 287. The van der Waals surface area contributed by atoms with Crippen molar-refractivity contribution < 1.29 is 19.4 Å². The Kier molecular flexibility index (Phi) is 3.03.